The fourth-order valence-corrected chi connectivity index (χ4v) is 4.13. The van der Waals surface area contributed by atoms with E-state index in [0.717, 1.165) is 12.8 Å². The van der Waals surface area contributed by atoms with Crippen molar-refractivity contribution in [1.29, 1.82) is 0 Å². The quantitative estimate of drug-likeness (QED) is 0.0695. The van der Waals surface area contributed by atoms with Crippen LogP contribution in [-0.2, 0) is 9.53 Å². The predicted octanol–water partition coefficient (Wildman–Crippen LogP) is 8.22. The molecule has 0 aromatic heterocycles. The van der Waals surface area contributed by atoms with Gasteiger partial charge in [-0.15, -0.1) is 0 Å². The highest BCUT2D eigenvalue weighted by Crippen LogP contribution is 2.13. The van der Waals surface area contributed by atoms with Gasteiger partial charge in [-0.2, -0.15) is 0 Å². The summed E-state index contributed by atoms with van der Waals surface area (Å²) in [6.45, 7) is 10.8. The summed E-state index contributed by atoms with van der Waals surface area (Å²) in [6, 6.07) is 0. The second-order valence-electron chi connectivity index (χ2n) is 10.3. The second kappa shape index (κ2) is 21.0. The van der Waals surface area contributed by atoms with Crippen LogP contribution in [-0.4, -0.2) is 44.2 Å². The topological polar surface area (TPSA) is 26.3 Å². The minimum atomic E-state index is -0.255. The Morgan fingerprint density at radius 1 is 0.645 bits per heavy atom. The molecule has 31 heavy (non-hydrogen) atoms. The normalized spacial score (nSPS) is 11.6. The van der Waals surface area contributed by atoms with Gasteiger partial charge in [0, 0.05) is 5.57 Å². The Bertz CT molecular complexity index is 431. The van der Waals surface area contributed by atoms with Crippen LogP contribution in [0.2, 0.25) is 0 Å². The van der Waals surface area contributed by atoms with Crippen LogP contribution >= 0.6 is 0 Å². The van der Waals surface area contributed by atoms with E-state index >= 15 is 0 Å². The number of carbonyl (C=O) groups is 1. The van der Waals surface area contributed by atoms with Crippen molar-refractivity contribution in [2.45, 2.75) is 129 Å². The van der Waals surface area contributed by atoms with Crippen LogP contribution < -0.4 is 0 Å². The van der Waals surface area contributed by atoms with Gasteiger partial charge in [-0.1, -0.05) is 97.0 Å². The molecule has 0 amide bonds. The number of unbranched alkanes of at least 4 members (excludes halogenated alkanes) is 16. The van der Waals surface area contributed by atoms with Crippen molar-refractivity contribution in [1.82, 2.24) is 0 Å². The second-order valence-corrected chi connectivity index (χ2v) is 10.3. The Hall–Kier alpha value is -0.830. The van der Waals surface area contributed by atoms with E-state index < -0.39 is 0 Å². The third-order valence-electron chi connectivity index (χ3n) is 6.36. The zero-order chi connectivity index (χ0) is 23.2. The lowest BCUT2D eigenvalue weighted by Gasteiger charge is -2.30. The van der Waals surface area contributed by atoms with Gasteiger partial charge in [0.05, 0.1) is 33.8 Å². The monoisotopic (exact) mass is 438 g/mol. The van der Waals surface area contributed by atoms with Crippen LogP contribution in [0.5, 0.6) is 0 Å². The zero-order valence-electron chi connectivity index (χ0n) is 21.8. The number of nitrogens with zero attached hydrogens (tertiary/aromatic N) is 1. The van der Waals surface area contributed by atoms with Gasteiger partial charge in [0.25, 0.3) is 0 Å². The number of hydrogen-bond donors (Lipinski definition) is 0. The van der Waals surface area contributed by atoms with E-state index in [2.05, 4.69) is 27.6 Å². The van der Waals surface area contributed by atoms with Crippen LogP contribution in [0.1, 0.15) is 129 Å². The van der Waals surface area contributed by atoms with E-state index in [0.29, 0.717) is 12.2 Å². The third-order valence-corrected chi connectivity index (χ3v) is 6.36. The first-order valence-electron chi connectivity index (χ1n) is 13.5. The predicted molar refractivity (Wildman–Crippen MR) is 136 cm³/mol. The number of carbonyl (C=O) groups excluding carboxylic acids is 1. The van der Waals surface area contributed by atoms with E-state index in [1.165, 1.54) is 120 Å². The molecular weight excluding hydrogens is 382 g/mol. The molecule has 0 bridgehead atoms. The van der Waals surface area contributed by atoms with Gasteiger partial charge in [-0.05, 0) is 39.0 Å². The number of ether oxygens (including phenoxy) is 1. The van der Waals surface area contributed by atoms with E-state index in [4.69, 9.17) is 4.74 Å². The highest BCUT2D eigenvalue weighted by molar-refractivity contribution is 5.86. The SMILES string of the molecule is C=C(C)C(=O)OCCCCCCCCCC[N+](C)(C)CCCCCCCCCCCC. The van der Waals surface area contributed by atoms with Crippen LogP contribution in [0.25, 0.3) is 0 Å². The average molecular weight is 439 g/mol. The number of rotatable bonds is 23. The maximum absolute atomic E-state index is 11.3. The summed E-state index contributed by atoms with van der Waals surface area (Å²) >= 11 is 0. The largest absolute Gasteiger partial charge is 0.462 e. The first kappa shape index (κ1) is 30.2. The summed E-state index contributed by atoms with van der Waals surface area (Å²) in [5.74, 6) is -0.255. The minimum absolute atomic E-state index is 0.255. The van der Waals surface area contributed by atoms with Gasteiger partial charge < -0.3 is 9.22 Å². The summed E-state index contributed by atoms with van der Waals surface area (Å²) in [6.07, 6.45) is 24.4. The fourth-order valence-electron chi connectivity index (χ4n) is 4.13. The molecule has 0 unspecified atom stereocenters. The molecule has 0 fully saturated rings. The molecule has 0 radical (unpaired) electrons. The van der Waals surface area contributed by atoms with E-state index in [1.54, 1.807) is 6.92 Å². The van der Waals surface area contributed by atoms with Crippen molar-refractivity contribution in [3.8, 4) is 0 Å². The molecule has 0 aliphatic rings. The molecule has 0 N–H and O–H groups in total. The molecule has 0 aliphatic carbocycles. The molecule has 3 heteroatoms. The van der Waals surface area contributed by atoms with Gasteiger partial charge in [0.2, 0.25) is 0 Å². The summed E-state index contributed by atoms with van der Waals surface area (Å²) in [5.41, 5.74) is 0.491. The lowest BCUT2D eigenvalue weighted by atomic mass is 10.1. The first-order chi connectivity index (χ1) is 14.9. The van der Waals surface area contributed by atoms with Gasteiger partial charge in [0.15, 0.2) is 0 Å². The molecule has 0 spiro atoms. The highest BCUT2D eigenvalue weighted by Gasteiger charge is 2.13. The summed E-state index contributed by atoms with van der Waals surface area (Å²) < 4.78 is 6.32. The Morgan fingerprint density at radius 2 is 1.00 bits per heavy atom. The lowest BCUT2D eigenvalue weighted by molar-refractivity contribution is -0.890. The van der Waals surface area contributed by atoms with E-state index in [-0.39, 0.29) is 5.97 Å². The van der Waals surface area contributed by atoms with Crippen LogP contribution in [0, 0.1) is 0 Å². The van der Waals surface area contributed by atoms with Crippen LogP contribution in [0.3, 0.4) is 0 Å². The third kappa shape index (κ3) is 22.2. The molecule has 0 saturated carbocycles. The van der Waals surface area contributed by atoms with Crippen molar-refractivity contribution in [3.63, 3.8) is 0 Å². The highest BCUT2D eigenvalue weighted by atomic mass is 16.5. The standard InChI is InChI=1S/C28H56NO2/c1-6-7-8-9-10-11-12-15-18-21-24-29(4,5)25-22-19-16-13-14-17-20-23-26-31-28(30)27(2)3/h2,6-26H2,1,3-5H3/q+1. The van der Waals surface area contributed by atoms with Gasteiger partial charge in [0.1, 0.15) is 0 Å². The summed E-state index contributed by atoms with van der Waals surface area (Å²) in [4.78, 5) is 11.3. The Labute approximate surface area is 195 Å². The summed E-state index contributed by atoms with van der Waals surface area (Å²) in [7, 11) is 4.82. The zero-order valence-corrected chi connectivity index (χ0v) is 21.8. The van der Waals surface area contributed by atoms with Gasteiger partial charge in [-0.3, -0.25) is 0 Å². The lowest BCUT2D eigenvalue weighted by Crippen LogP contribution is -2.41. The Morgan fingerprint density at radius 3 is 1.39 bits per heavy atom. The number of esters is 1. The molecule has 0 saturated heterocycles. The van der Waals surface area contributed by atoms with Crippen molar-refractivity contribution >= 4 is 5.97 Å². The molecular formula is C28H56NO2+. The van der Waals surface area contributed by atoms with Crippen LogP contribution in [0.4, 0.5) is 0 Å². The van der Waals surface area contributed by atoms with Crippen molar-refractivity contribution in [3.05, 3.63) is 12.2 Å². The average Bonchev–Trinajstić information content (AvgIpc) is 2.73. The van der Waals surface area contributed by atoms with Gasteiger partial charge in [-0.25, -0.2) is 4.79 Å². The van der Waals surface area contributed by atoms with Crippen LogP contribution in [0.15, 0.2) is 12.2 Å². The molecule has 0 rings (SSSR count). The Kier molecular flexibility index (Phi) is 20.5. The van der Waals surface area contributed by atoms with Crippen molar-refractivity contribution in [2.75, 3.05) is 33.8 Å². The molecule has 184 valence electrons. The van der Waals surface area contributed by atoms with Crippen molar-refractivity contribution in [2.24, 2.45) is 0 Å². The molecule has 0 aromatic rings. The molecule has 3 nitrogen and oxygen atoms in total. The van der Waals surface area contributed by atoms with Crippen molar-refractivity contribution < 1.29 is 14.0 Å². The van der Waals surface area contributed by atoms with Gasteiger partial charge >= 0.3 is 5.97 Å². The number of hydrogen-bond acceptors (Lipinski definition) is 2. The first-order valence-corrected chi connectivity index (χ1v) is 13.5. The summed E-state index contributed by atoms with van der Waals surface area (Å²) in [5, 5.41) is 0. The molecule has 0 heterocycles. The fraction of sp³-hybridized carbons (Fsp3) is 0.893. The maximum Gasteiger partial charge on any atom is 0.333 e. The Balaban J connectivity index is 3.37. The molecule has 0 aliphatic heterocycles. The number of quaternary nitrogens is 1. The van der Waals surface area contributed by atoms with E-state index in [9.17, 15) is 4.79 Å². The van der Waals surface area contributed by atoms with E-state index in [1.807, 2.05) is 0 Å². The minimum Gasteiger partial charge on any atom is -0.462 e. The smallest absolute Gasteiger partial charge is 0.333 e. The maximum atomic E-state index is 11.3. The molecule has 0 atom stereocenters. The molecule has 0 aromatic carbocycles.